The van der Waals surface area contributed by atoms with Gasteiger partial charge in [0.05, 0.1) is 13.2 Å². The number of nitrogens with zero attached hydrogens (tertiary/aromatic N) is 6. The molecule has 3 heterocycles. The van der Waals surface area contributed by atoms with Gasteiger partial charge in [-0.3, -0.25) is 19.6 Å². The number of amides is 2. The lowest BCUT2D eigenvalue weighted by atomic mass is 10.1. The molecule has 0 spiro atoms. The van der Waals surface area contributed by atoms with E-state index in [4.69, 9.17) is 58.8 Å². The number of alkyl halides is 4. The Kier molecular flexibility index (Phi) is 52.2. The fraction of sp³-hybridized carbons (Fsp3) is 0.677. The van der Waals surface area contributed by atoms with Crippen molar-refractivity contribution in [3.63, 3.8) is 0 Å². The Morgan fingerprint density at radius 1 is 0.568 bits per heavy atom. The van der Waals surface area contributed by atoms with Crippen LogP contribution in [0.15, 0.2) is 91.0 Å². The predicted octanol–water partition coefficient (Wildman–Crippen LogP) is 11.3. The quantitative estimate of drug-likeness (QED) is 0.0435. The number of aliphatic hydroxyl groups is 4. The number of hydrogen-bond acceptors (Lipinski definition) is 13. The number of likely N-dealkylation sites (tertiary alicyclic amines) is 2. The highest BCUT2D eigenvalue weighted by atomic mass is 127. The number of unbranched alkanes of at least 4 members (excludes halogenated alkanes) is 2. The van der Waals surface area contributed by atoms with Crippen LogP contribution in [-0.4, -0.2) is 211 Å². The van der Waals surface area contributed by atoms with Crippen molar-refractivity contribution in [2.75, 3.05) is 126 Å². The van der Waals surface area contributed by atoms with Gasteiger partial charge in [-0.15, -0.1) is 23.2 Å². The standard InChI is InChI=1S/C20H31N3O2.C11H15Cl2N.C11H17NO2.C9H18N2O2.C5H12O2.2C2H5I.C2H6/c1-20(2,3)25-19(24)23-10-9-18(16-23)22-13-11-21(12-14-22)15-17-7-5-4-6-8-17;12-6-8-14(9-7-13)10-11-4-2-1-3-5-11;13-8-6-12(7-9-14)10-11-4-2-1-3-5-11;1-9(2,3)13-8(12)11-5-4-7(10)6-11;6-4-2-1-3-5-7;2*1-2-3;1-2/h4-8,18H,9-16H2,1-3H3;1-5H,6-10H2;1-5,13-14H,6-10H2;7H,4-6,10H2,1-3H3;6-7H,1-5H2;2*2H2,1H3;1-2H3. The summed E-state index contributed by atoms with van der Waals surface area (Å²) in [6, 6.07) is 31.7. The number of aliphatic hydroxyl groups excluding tert-OH is 4. The molecule has 3 aliphatic rings. The van der Waals surface area contributed by atoms with Crippen molar-refractivity contribution in [1.82, 2.24) is 29.4 Å². The van der Waals surface area contributed by atoms with Crippen LogP contribution in [0.3, 0.4) is 0 Å². The van der Waals surface area contributed by atoms with Gasteiger partial charge in [0, 0.05) is 135 Å². The number of nitrogens with two attached hydrogens (primary N) is 1. The van der Waals surface area contributed by atoms with Crippen LogP contribution in [0.25, 0.3) is 0 Å². The first kappa shape index (κ1) is 80.9. The van der Waals surface area contributed by atoms with Crippen molar-refractivity contribution in [3.05, 3.63) is 108 Å². The molecule has 2 unspecified atom stereocenters. The lowest BCUT2D eigenvalue weighted by molar-refractivity contribution is 0.0265. The molecule has 0 aliphatic carbocycles. The second-order valence-electron chi connectivity index (χ2n) is 21.0. The molecule has 3 aliphatic heterocycles. The number of halogens is 4. The zero-order chi connectivity index (χ0) is 61.3. The minimum absolute atomic E-state index is 0.118. The van der Waals surface area contributed by atoms with E-state index in [-0.39, 0.29) is 44.7 Å². The first-order valence-electron chi connectivity index (χ1n) is 29.2. The number of ether oxygens (including phenoxy) is 2. The summed E-state index contributed by atoms with van der Waals surface area (Å²) >= 11 is 16.0. The molecule has 3 aromatic rings. The van der Waals surface area contributed by atoms with Crippen molar-refractivity contribution in [3.8, 4) is 0 Å². The molecule has 6 rings (SSSR count). The van der Waals surface area contributed by atoms with Gasteiger partial charge in [-0.2, -0.15) is 0 Å². The Morgan fingerprint density at radius 3 is 1.28 bits per heavy atom. The van der Waals surface area contributed by atoms with Crippen molar-refractivity contribution >= 4 is 80.6 Å². The highest BCUT2D eigenvalue weighted by Crippen LogP contribution is 2.21. The number of carbonyl (C=O) groups is 2. The van der Waals surface area contributed by atoms with Gasteiger partial charge in [0.1, 0.15) is 11.2 Å². The van der Waals surface area contributed by atoms with Crippen molar-refractivity contribution in [1.29, 1.82) is 0 Å². The highest BCUT2D eigenvalue weighted by Gasteiger charge is 2.34. The monoisotopic (exact) mass is 1400 g/mol. The summed E-state index contributed by atoms with van der Waals surface area (Å²) in [4.78, 5) is 36.6. The van der Waals surface area contributed by atoms with Crippen molar-refractivity contribution in [2.24, 2.45) is 5.73 Å². The summed E-state index contributed by atoms with van der Waals surface area (Å²) < 4.78 is 13.1. The van der Waals surface area contributed by atoms with E-state index in [9.17, 15) is 9.59 Å². The third-order valence-electron chi connectivity index (χ3n) is 11.8. The van der Waals surface area contributed by atoms with E-state index in [1.807, 2.05) is 102 Å². The summed E-state index contributed by atoms with van der Waals surface area (Å²) in [6.07, 6.45) is 4.09. The molecule has 81 heavy (non-hydrogen) atoms. The molecule has 0 radical (unpaired) electrons. The molecule has 2 atom stereocenters. The Balaban J connectivity index is 0. The third-order valence-corrected chi connectivity index (χ3v) is 12.1. The molecule has 0 bridgehead atoms. The SMILES string of the molecule is CC.CC(C)(C)OC(=O)N1CCC(N)C1.CC(C)(C)OC(=O)N1CCC(N2CCN(Cc3ccccc3)CC2)C1.CCI.CCI.ClCCN(CCCl)Cc1ccccc1.OCCCCCO.OCCN(CCO)Cc1ccccc1. The first-order chi connectivity index (χ1) is 38.8. The maximum absolute atomic E-state index is 12.2. The van der Waals surface area contributed by atoms with E-state index in [0.717, 1.165) is 111 Å². The smallest absolute Gasteiger partial charge is 0.410 e. The van der Waals surface area contributed by atoms with E-state index in [0.29, 0.717) is 37.4 Å². The molecule has 15 nitrogen and oxygen atoms in total. The fourth-order valence-electron chi connectivity index (χ4n) is 8.09. The molecule has 3 fully saturated rings. The van der Waals surface area contributed by atoms with E-state index in [1.54, 1.807) is 4.90 Å². The second-order valence-corrected chi connectivity index (χ2v) is 24.8. The molecule has 19 heteroatoms. The average molecular weight is 1410 g/mol. The van der Waals surface area contributed by atoms with Gasteiger partial charge in [0.15, 0.2) is 0 Å². The number of hydrogen-bond donors (Lipinski definition) is 5. The molecule has 468 valence electrons. The minimum atomic E-state index is -0.418. The fourth-order valence-corrected chi connectivity index (χ4v) is 8.56. The van der Waals surface area contributed by atoms with Gasteiger partial charge in [-0.25, -0.2) is 9.59 Å². The Hall–Kier alpha value is -2.12. The summed E-state index contributed by atoms with van der Waals surface area (Å²) in [5.41, 5.74) is 8.74. The summed E-state index contributed by atoms with van der Waals surface area (Å²) in [5, 5.41) is 34.1. The van der Waals surface area contributed by atoms with Gasteiger partial charge in [0.2, 0.25) is 0 Å². The maximum Gasteiger partial charge on any atom is 0.410 e. The van der Waals surface area contributed by atoms with E-state index in [1.165, 1.54) is 25.5 Å². The van der Waals surface area contributed by atoms with Gasteiger partial charge in [0.25, 0.3) is 0 Å². The van der Waals surface area contributed by atoms with E-state index in [2.05, 4.69) is 128 Å². The molecule has 3 saturated heterocycles. The van der Waals surface area contributed by atoms with Crippen LogP contribution in [0.1, 0.15) is 118 Å². The van der Waals surface area contributed by atoms with Crippen LogP contribution < -0.4 is 5.73 Å². The van der Waals surface area contributed by atoms with Crippen LogP contribution in [0, 0.1) is 0 Å². The Morgan fingerprint density at radius 2 is 0.938 bits per heavy atom. The second kappa shape index (κ2) is 52.2. The maximum atomic E-state index is 12.2. The zero-order valence-electron chi connectivity index (χ0n) is 51.3. The number of benzene rings is 3. The van der Waals surface area contributed by atoms with Gasteiger partial charge in [-0.1, -0.05) is 164 Å². The highest BCUT2D eigenvalue weighted by molar-refractivity contribution is 14.1. The lowest BCUT2D eigenvalue weighted by Gasteiger charge is -2.38. The average Bonchev–Trinajstić information content (AvgIpc) is 4.12. The topological polar surface area (TPSA) is 179 Å². The van der Waals surface area contributed by atoms with Gasteiger partial charge >= 0.3 is 12.2 Å². The summed E-state index contributed by atoms with van der Waals surface area (Å²) in [6.45, 7) is 33.4. The zero-order valence-corrected chi connectivity index (χ0v) is 57.1. The third kappa shape index (κ3) is 44.9. The van der Waals surface area contributed by atoms with E-state index >= 15 is 0 Å². The normalized spacial score (nSPS) is 15.9. The molecule has 0 aromatic heterocycles. The summed E-state index contributed by atoms with van der Waals surface area (Å²) in [5.74, 6) is 1.31. The molecule has 6 N–H and O–H groups in total. The molecular formula is C62H109Cl2I2N7O8. The number of carbonyl (C=O) groups excluding carboxylic acids is 2. The van der Waals surface area contributed by atoms with Crippen molar-refractivity contribution in [2.45, 2.75) is 144 Å². The predicted molar refractivity (Wildman–Crippen MR) is 357 cm³/mol. The Bertz CT molecular complexity index is 1800. The van der Waals surface area contributed by atoms with Crippen molar-refractivity contribution < 1.29 is 39.5 Å². The lowest BCUT2D eigenvalue weighted by Crippen LogP contribution is -2.51. The molecular weight excluding hydrogens is 1300 g/mol. The van der Waals surface area contributed by atoms with Gasteiger partial charge in [-0.05, 0) is 99.2 Å². The van der Waals surface area contributed by atoms with Crippen LogP contribution in [0.5, 0.6) is 0 Å². The molecule has 3 aromatic carbocycles. The van der Waals surface area contributed by atoms with Crippen LogP contribution in [-0.2, 0) is 29.1 Å². The van der Waals surface area contributed by atoms with Crippen LogP contribution in [0.2, 0.25) is 0 Å². The van der Waals surface area contributed by atoms with Crippen LogP contribution in [0.4, 0.5) is 9.59 Å². The molecule has 2 amide bonds. The minimum Gasteiger partial charge on any atom is -0.444 e. The summed E-state index contributed by atoms with van der Waals surface area (Å²) in [7, 11) is 0. The molecule has 0 saturated carbocycles. The van der Waals surface area contributed by atoms with Crippen LogP contribution >= 0.6 is 68.4 Å². The number of piperazine rings is 1. The first-order valence-corrected chi connectivity index (χ1v) is 33.3. The largest absolute Gasteiger partial charge is 0.444 e. The Labute approximate surface area is 528 Å². The van der Waals surface area contributed by atoms with E-state index < -0.39 is 11.2 Å². The number of rotatable bonds is 19. The van der Waals surface area contributed by atoms with Gasteiger partial charge < -0.3 is 45.4 Å².